The van der Waals surface area contributed by atoms with Crippen molar-refractivity contribution < 1.29 is 4.79 Å². The first-order valence-corrected chi connectivity index (χ1v) is 10.5. The van der Waals surface area contributed by atoms with E-state index in [1.54, 1.807) is 0 Å². The van der Waals surface area contributed by atoms with E-state index in [4.69, 9.17) is 4.98 Å². The molecule has 0 bridgehead atoms. The van der Waals surface area contributed by atoms with E-state index in [-0.39, 0.29) is 5.91 Å². The molecule has 2 aliphatic rings. The predicted octanol–water partition coefficient (Wildman–Crippen LogP) is 1.67. The lowest BCUT2D eigenvalue weighted by molar-refractivity contribution is 0.0637. The Morgan fingerprint density at radius 1 is 0.931 bits per heavy atom. The van der Waals surface area contributed by atoms with Gasteiger partial charge in [0.15, 0.2) is 5.82 Å². The van der Waals surface area contributed by atoms with Crippen LogP contribution in [0.25, 0.3) is 11.4 Å². The summed E-state index contributed by atoms with van der Waals surface area (Å²) < 4.78 is 0. The Balaban J connectivity index is 1.63. The highest BCUT2D eigenvalue weighted by atomic mass is 16.2. The minimum Gasteiger partial charge on any atom is -0.354 e. The first-order chi connectivity index (χ1) is 14.1. The molecule has 2 aliphatic heterocycles. The number of hydrogen-bond donors (Lipinski definition) is 0. The first-order valence-electron chi connectivity index (χ1n) is 10.5. The molecule has 154 valence electrons. The molecule has 1 amide bonds. The number of anilines is 1. The zero-order valence-electron chi connectivity index (χ0n) is 17.4. The Morgan fingerprint density at radius 2 is 1.62 bits per heavy atom. The number of piperazine rings is 2. The van der Waals surface area contributed by atoms with Gasteiger partial charge < -0.3 is 19.6 Å². The van der Waals surface area contributed by atoms with Gasteiger partial charge in [-0.2, -0.15) is 0 Å². The van der Waals surface area contributed by atoms with Gasteiger partial charge in [-0.05, 0) is 13.6 Å². The van der Waals surface area contributed by atoms with Gasteiger partial charge >= 0.3 is 0 Å². The maximum Gasteiger partial charge on any atom is 0.272 e. The third kappa shape index (κ3) is 4.57. The van der Waals surface area contributed by atoms with E-state index in [0.29, 0.717) is 11.5 Å². The van der Waals surface area contributed by atoms with Crippen molar-refractivity contribution in [2.45, 2.75) is 6.92 Å². The summed E-state index contributed by atoms with van der Waals surface area (Å²) in [4.78, 5) is 31.6. The summed E-state index contributed by atoms with van der Waals surface area (Å²) in [5.74, 6) is 1.48. The zero-order chi connectivity index (χ0) is 20.2. The summed E-state index contributed by atoms with van der Waals surface area (Å²) in [7, 11) is 2.14. The fraction of sp³-hybridized carbons (Fsp3) is 0.500. The Hall–Kier alpha value is -2.51. The summed E-state index contributed by atoms with van der Waals surface area (Å²) in [6.07, 6.45) is 0. The molecule has 7 heteroatoms. The SMILES string of the molecule is CCN1CCN(C(=O)c2cc(N3CCN(C)CC3)nc(-c3ccccc3)n2)CC1. The monoisotopic (exact) mass is 394 g/mol. The number of carbonyl (C=O) groups excluding carboxylic acids is 1. The lowest BCUT2D eigenvalue weighted by atomic mass is 10.2. The van der Waals surface area contributed by atoms with E-state index in [0.717, 1.165) is 70.3 Å². The highest BCUT2D eigenvalue weighted by Gasteiger charge is 2.25. The lowest BCUT2D eigenvalue weighted by Gasteiger charge is -2.35. The van der Waals surface area contributed by atoms with Gasteiger partial charge in [-0.3, -0.25) is 4.79 Å². The summed E-state index contributed by atoms with van der Waals surface area (Å²) in [5, 5.41) is 0. The molecule has 0 saturated carbocycles. The molecule has 2 fully saturated rings. The number of nitrogens with zero attached hydrogens (tertiary/aromatic N) is 6. The van der Waals surface area contributed by atoms with E-state index >= 15 is 0 Å². The molecule has 2 saturated heterocycles. The highest BCUT2D eigenvalue weighted by molar-refractivity contribution is 5.93. The van der Waals surface area contributed by atoms with Crippen molar-refractivity contribution in [1.82, 2.24) is 24.7 Å². The second kappa shape index (κ2) is 8.88. The van der Waals surface area contributed by atoms with Crippen molar-refractivity contribution in [3.63, 3.8) is 0 Å². The number of likely N-dealkylation sites (N-methyl/N-ethyl adjacent to an activating group) is 2. The predicted molar refractivity (Wildman–Crippen MR) is 115 cm³/mol. The summed E-state index contributed by atoms with van der Waals surface area (Å²) >= 11 is 0. The van der Waals surface area contributed by atoms with Crippen LogP contribution in [-0.2, 0) is 0 Å². The maximum absolute atomic E-state index is 13.3. The minimum absolute atomic E-state index is 0.00992. The minimum atomic E-state index is 0.00992. The normalized spacial score (nSPS) is 18.8. The van der Waals surface area contributed by atoms with E-state index in [1.165, 1.54) is 0 Å². The zero-order valence-corrected chi connectivity index (χ0v) is 17.4. The largest absolute Gasteiger partial charge is 0.354 e. The topological polar surface area (TPSA) is 55.8 Å². The van der Waals surface area contributed by atoms with Crippen molar-refractivity contribution >= 4 is 11.7 Å². The van der Waals surface area contributed by atoms with Gasteiger partial charge in [-0.15, -0.1) is 0 Å². The van der Waals surface area contributed by atoms with Crippen LogP contribution < -0.4 is 4.90 Å². The van der Waals surface area contributed by atoms with Crippen molar-refractivity contribution in [3.05, 3.63) is 42.1 Å². The van der Waals surface area contributed by atoms with Crippen LogP contribution in [0.5, 0.6) is 0 Å². The van der Waals surface area contributed by atoms with Crippen molar-refractivity contribution in [1.29, 1.82) is 0 Å². The van der Waals surface area contributed by atoms with Gasteiger partial charge in [-0.1, -0.05) is 37.3 Å². The smallest absolute Gasteiger partial charge is 0.272 e. The molecular weight excluding hydrogens is 364 g/mol. The third-order valence-corrected chi connectivity index (χ3v) is 5.90. The van der Waals surface area contributed by atoms with E-state index < -0.39 is 0 Å². The molecule has 3 heterocycles. The molecule has 4 rings (SSSR count). The van der Waals surface area contributed by atoms with Crippen LogP contribution in [-0.4, -0.2) is 96.5 Å². The standard InChI is InChI=1S/C22H30N6O/c1-3-26-11-15-28(16-12-26)22(29)19-17-20(27-13-9-25(2)10-14-27)24-21(23-19)18-7-5-4-6-8-18/h4-8,17H,3,9-16H2,1-2H3. The van der Waals surface area contributed by atoms with E-state index in [9.17, 15) is 4.79 Å². The quantitative estimate of drug-likeness (QED) is 0.786. The third-order valence-electron chi connectivity index (χ3n) is 5.90. The van der Waals surface area contributed by atoms with Crippen LogP contribution in [0.4, 0.5) is 5.82 Å². The average Bonchev–Trinajstić information content (AvgIpc) is 2.79. The molecule has 0 unspecified atom stereocenters. The molecule has 0 N–H and O–H groups in total. The summed E-state index contributed by atoms with van der Waals surface area (Å²) in [5.41, 5.74) is 1.44. The molecule has 2 aromatic rings. The van der Waals surface area contributed by atoms with Crippen molar-refractivity contribution in [2.24, 2.45) is 0 Å². The fourth-order valence-corrected chi connectivity index (χ4v) is 3.89. The molecule has 0 radical (unpaired) electrons. The van der Waals surface area contributed by atoms with Gasteiger partial charge in [0.05, 0.1) is 0 Å². The number of amides is 1. The molecular formula is C22H30N6O. The number of hydrogen-bond acceptors (Lipinski definition) is 6. The van der Waals surface area contributed by atoms with Crippen LogP contribution in [0.1, 0.15) is 17.4 Å². The Bertz CT molecular complexity index is 826. The molecule has 1 aromatic carbocycles. The molecule has 7 nitrogen and oxygen atoms in total. The van der Waals surface area contributed by atoms with Crippen molar-refractivity contribution in [2.75, 3.05) is 70.9 Å². The van der Waals surface area contributed by atoms with Crippen LogP contribution in [0.3, 0.4) is 0 Å². The first kappa shape index (κ1) is 19.8. The van der Waals surface area contributed by atoms with Gasteiger partial charge in [0, 0.05) is 64.0 Å². The lowest BCUT2D eigenvalue weighted by Crippen LogP contribution is -2.48. The van der Waals surface area contributed by atoms with E-state index in [1.807, 2.05) is 41.3 Å². The number of rotatable bonds is 4. The van der Waals surface area contributed by atoms with Crippen molar-refractivity contribution in [3.8, 4) is 11.4 Å². The van der Waals surface area contributed by atoms with Crippen LogP contribution in [0.2, 0.25) is 0 Å². The Kier molecular flexibility index (Phi) is 6.06. The number of carbonyl (C=O) groups is 1. The van der Waals surface area contributed by atoms with Gasteiger partial charge in [0.1, 0.15) is 11.5 Å². The number of aromatic nitrogens is 2. The van der Waals surface area contributed by atoms with Crippen LogP contribution >= 0.6 is 0 Å². The molecule has 1 aromatic heterocycles. The highest BCUT2D eigenvalue weighted by Crippen LogP contribution is 2.22. The molecule has 0 spiro atoms. The van der Waals surface area contributed by atoms with Gasteiger partial charge in [0.25, 0.3) is 5.91 Å². The molecule has 29 heavy (non-hydrogen) atoms. The summed E-state index contributed by atoms with van der Waals surface area (Å²) in [6.45, 7) is 10.3. The fourth-order valence-electron chi connectivity index (χ4n) is 3.89. The Labute approximate surface area is 172 Å². The number of benzene rings is 1. The van der Waals surface area contributed by atoms with Gasteiger partial charge in [0.2, 0.25) is 0 Å². The van der Waals surface area contributed by atoms with Gasteiger partial charge in [-0.25, -0.2) is 9.97 Å². The van der Waals surface area contributed by atoms with Crippen LogP contribution in [0, 0.1) is 0 Å². The molecule has 0 atom stereocenters. The van der Waals surface area contributed by atoms with E-state index in [2.05, 4.69) is 33.7 Å². The second-order valence-corrected chi connectivity index (χ2v) is 7.82. The average molecular weight is 395 g/mol. The summed E-state index contributed by atoms with van der Waals surface area (Å²) in [6, 6.07) is 11.8. The molecule has 0 aliphatic carbocycles. The second-order valence-electron chi connectivity index (χ2n) is 7.82. The Morgan fingerprint density at radius 3 is 2.28 bits per heavy atom. The maximum atomic E-state index is 13.3. The van der Waals surface area contributed by atoms with Crippen LogP contribution in [0.15, 0.2) is 36.4 Å².